The molecule has 0 fully saturated rings. The third kappa shape index (κ3) is 4.14. The molecular formula is C14H17BrFN3. The third-order valence-corrected chi connectivity index (χ3v) is 3.51. The first-order valence-electron chi connectivity index (χ1n) is 6.33. The molecule has 1 atom stereocenters. The van der Waals surface area contributed by atoms with E-state index in [9.17, 15) is 4.39 Å². The Bertz CT molecular complexity index is 513. The minimum Gasteiger partial charge on any atom is -0.349 e. The summed E-state index contributed by atoms with van der Waals surface area (Å²) in [5.74, 6) is 0.817. The predicted molar refractivity (Wildman–Crippen MR) is 77.4 cm³/mol. The Morgan fingerprint density at radius 2 is 2.32 bits per heavy atom. The van der Waals surface area contributed by atoms with Crippen LogP contribution >= 0.6 is 15.9 Å². The largest absolute Gasteiger partial charge is 0.349 e. The van der Waals surface area contributed by atoms with Crippen LogP contribution in [0.2, 0.25) is 0 Å². The van der Waals surface area contributed by atoms with Gasteiger partial charge in [-0.1, -0.05) is 15.9 Å². The van der Waals surface area contributed by atoms with Gasteiger partial charge in [-0.25, -0.2) is 9.37 Å². The quantitative estimate of drug-likeness (QED) is 0.797. The molecule has 0 spiro atoms. The minimum atomic E-state index is -0.172. The van der Waals surface area contributed by atoms with Gasteiger partial charge in [0.15, 0.2) is 0 Å². The molecule has 0 bridgehead atoms. The lowest BCUT2D eigenvalue weighted by atomic mass is 10.1. The van der Waals surface area contributed by atoms with Crippen LogP contribution in [0.25, 0.3) is 0 Å². The van der Waals surface area contributed by atoms with E-state index in [1.54, 1.807) is 12.3 Å². The first-order valence-corrected chi connectivity index (χ1v) is 7.12. The van der Waals surface area contributed by atoms with Crippen LogP contribution in [-0.4, -0.2) is 16.5 Å². The second-order valence-electron chi connectivity index (χ2n) is 4.48. The first-order chi connectivity index (χ1) is 9.16. The standard InChI is InChI=1S/C14H17BrFN3/c1-10(12-9-11(15)4-5-13(12)16)17-6-2-3-14-18-7-8-19-14/h4-5,7-10,17H,2-3,6H2,1H3,(H,18,19). The maximum absolute atomic E-state index is 13.7. The number of nitrogens with zero attached hydrogens (tertiary/aromatic N) is 1. The van der Waals surface area contributed by atoms with Gasteiger partial charge < -0.3 is 10.3 Å². The maximum Gasteiger partial charge on any atom is 0.128 e. The molecule has 0 saturated heterocycles. The number of imidazole rings is 1. The average Bonchev–Trinajstić information content (AvgIpc) is 2.90. The molecule has 0 aliphatic carbocycles. The van der Waals surface area contributed by atoms with E-state index < -0.39 is 0 Å². The lowest BCUT2D eigenvalue weighted by Crippen LogP contribution is -2.21. The van der Waals surface area contributed by atoms with Gasteiger partial charge in [0.05, 0.1) is 0 Å². The highest BCUT2D eigenvalue weighted by Gasteiger charge is 2.10. The number of aromatic nitrogens is 2. The van der Waals surface area contributed by atoms with Crippen LogP contribution in [0.1, 0.15) is 30.8 Å². The number of hydrogen-bond donors (Lipinski definition) is 2. The zero-order valence-corrected chi connectivity index (χ0v) is 12.4. The van der Waals surface area contributed by atoms with Crippen LogP contribution in [0.15, 0.2) is 35.1 Å². The molecule has 1 aromatic heterocycles. The second-order valence-corrected chi connectivity index (χ2v) is 5.40. The molecule has 1 aromatic carbocycles. The fraction of sp³-hybridized carbons (Fsp3) is 0.357. The Kier molecular flexibility index (Phi) is 5.10. The van der Waals surface area contributed by atoms with E-state index in [4.69, 9.17) is 0 Å². The Labute approximate surface area is 120 Å². The number of benzene rings is 1. The molecular weight excluding hydrogens is 309 g/mol. The molecule has 0 radical (unpaired) electrons. The van der Waals surface area contributed by atoms with Gasteiger partial charge in [-0.15, -0.1) is 0 Å². The maximum atomic E-state index is 13.7. The Morgan fingerprint density at radius 1 is 1.47 bits per heavy atom. The van der Waals surface area contributed by atoms with Gasteiger partial charge in [-0.05, 0) is 38.1 Å². The van der Waals surface area contributed by atoms with Crippen molar-refractivity contribution in [3.8, 4) is 0 Å². The number of aromatic amines is 1. The fourth-order valence-electron chi connectivity index (χ4n) is 1.97. The predicted octanol–water partition coefficient (Wildman–Crippen LogP) is 3.59. The molecule has 2 N–H and O–H groups in total. The second kappa shape index (κ2) is 6.82. The third-order valence-electron chi connectivity index (χ3n) is 3.02. The van der Waals surface area contributed by atoms with Gasteiger partial charge in [-0.3, -0.25) is 0 Å². The van der Waals surface area contributed by atoms with Crippen LogP contribution in [-0.2, 0) is 6.42 Å². The Balaban J connectivity index is 1.80. The summed E-state index contributed by atoms with van der Waals surface area (Å²) in [6.07, 6.45) is 5.44. The number of nitrogens with one attached hydrogen (secondary N) is 2. The molecule has 0 aliphatic rings. The van der Waals surface area contributed by atoms with Gasteiger partial charge in [0.1, 0.15) is 11.6 Å². The zero-order valence-electron chi connectivity index (χ0n) is 10.8. The van der Waals surface area contributed by atoms with E-state index >= 15 is 0 Å². The molecule has 19 heavy (non-hydrogen) atoms. The summed E-state index contributed by atoms with van der Waals surface area (Å²) in [6, 6.07) is 5.01. The summed E-state index contributed by atoms with van der Waals surface area (Å²) in [4.78, 5) is 7.24. The number of rotatable bonds is 6. The topological polar surface area (TPSA) is 40.7 Å². The van der Waals surface area contributed by atoms with Gasteiger partial charge in [-0.2, -0.15) is 0 Å². The summed E-state index contributed by atoms with van der Waals surface area (Å²) in [5, 5.41) is 3.33. The van der Waals surface area contributed by atoms with Gasteiger partial charge >= 0.3 is 0 Å². The van der Waals surface area contributed by atoms with Crippen molar-refractivity contribution in [3.63, 3.8) is 0 Å². The van der Waals surface area contributed by atoms with Crippen molar-refractivity contribution >= 4 is 15.9 Å². The smallest absolute Gasteiger partial charge is 0.128 e. The van der Waals surface area contributed by atoms with Crippen molar-refractivity contribution < 1.29 is 4.39 Å². The summed E-state index contributed by atoms with van der Waals surface area (Å²) in [5.41, 5.74) is 0.687. The summed E-state index contributed by atoms with van der Waals surface area (Å²) < 4.78 is 14.6. The van der Waals surface area contributed by atoms with E-state index in [0.29, 0.717) is 5.56 Å². The molecule has 0 amide bonds. The van der Waals surface area contributed by atoms with Crippen molar-refractivity contribution in [1.82, 2.24) is 15.3 Å². The average molecular weight is 326 g/mol. The van der Waals surface area contributed by atoms with E-state index in [1.807, 2.05) is 19.2 Å². The molecule has 3 nitrogen and oxygen atoms in total. The van der Waals surface area contributed by atoms with Crippen LogP contribution in [0.5, 0.6) is 0 Å². The van der Waals surface area contributed by atoms with Crippen LogP contribution in [0, 0.1) is 5.82 Å². The highest BCUT2D eigenvalue weighted by Crippen LogP contribution is 2.21. The molecule has 5 heteroatoms. The molecule has 102 valence electrons. The summed E-state index contributed by atoms with van der Waals surface area (Å²) in [7, 11) is 0. The zero-order chi connectivity index (χ0) is 13.7. The van der Waals surface area contributed by atoms with E-state index in [2.05, 4.69) is 31.2 Å². The molecule has 0 saturated carbocycles. The normalized spacial score (nSPS) is 12.6. The minimum absolute atomic E-state index is 0.00546. The fourth-order valence-corrected chi connectivity index (χ4v) is 2.34. The molecule has 2 aromatic rings. The van der Waals surface area contributed by atoms with Crippen molar-refractivity contribution in [2.24, 2.45) is 0 Å². The molecule has 0 aliphatic heterocycles. The van der Waals surface area contributed by atoms with Gasteiger partial charge in [0, 0.05) is 34.9 Å². The van der Waals surface area contributed by atoms with E-state index in [0.717, 1.165) is 29.7 Å². The highest BCUT2D eigenvalue weighted by molar-refractivity contribution is 9.10. The van der Waals surface area contributed by atoms with Crippen molar-refractivity contribution in [2.75, 3.05) is 6.54 Å². The van der Waals surface area contributed by atoms with Crippen LogP contribution in [0.4, 0.5) is 4.39 Å². The number of aryl methyl sites for hydroxylation is 1. The summed E-state index contributed by atoms with van der Waals surface area (Å²) in [6.45, 7) is 2.80. The van der Waals surface area contributed by atoms with Crippen molar-refractivity contribution in [3.05, 3.63) is 52.3 Å². The lowest BCUT2D eigenvalue weighted by Gasteiger charge is -2.15. The van der Waals surface area contributed by atoms with Crippen molar-refractivity contribution in [1.29, 1.82) is 0 Å². The first kappa shape index (κ1) is 14.2. The summed E-state index contributed by atoms with van der Waals surface area (Å²) >= 11 is 3.37. The molecule has 1 heterocycles. The Morgan fingerprint density at radius 3 is 3.05 bits per heavy atom. The Hall–Kier alpha value is -1.20. The van der Waals surface area contributed by atoms with Gasteiger partial charge in [0.25, 0.3) is 0 Å². The van der Waals surface area contributed by atoms with E-state index in [1.165, 1.54) is 6.07 Å². The van der Waals surface area contributed by atoms with Crippen molar-refractivity contribution in [2.45, 2.75) is 25.8 Å². The number of hydrogen-bond acceptors (Lipinski definition) is 2. The number of H-pyrrole nitrogens is 1. The van der Waals surface area contributed by atoms with Crippen LogP contribution < -0.4 is 5.32 Å². The highest BCUT2D eigenvalue weighted by atomic mass is 79.9. The molecule has 2 rings (SSSR count). The van der Waals surface area contributed by atoms with Crippen LogP contribution in [0.3, 0.4) is 0 Å². The van der Waals surface area contributed by atoms with E-state index in [-0.39, 0.29) is 11.9 Å². The van der Waals surface area contributed by atoms with Gasteiger partial charge in [0.2, 0.25) is 0 Å². The lowest BCUT2D eigenvalue weighted by molar-refractivity contribution is 0.519. The number of halogens is 2. The molecule has 1 unspecified atom stereocenters. The monoisotopic (exact) mass is 325 g/mol. The SMILES string of the molecule is CC(NCCCc1ncc[nH]1)c1cc(Br)ccc1F.